The summed E-state index contributed by atoms with van der Waals surface area (Å²) in [6.45, 7) is 4.59. The van der Waals surface area contributed by atoms with Crippen molar-refractivity contribution in [2.45, 2.75) is 64.2 Å². The van der Waals surface area contributed by atoms with Gasteiger partial charge in [0.25, 0.3) is 0 Å². The maximum atomic E-state index is 14.5. The number of alkyl halides is 3. The summed E-state index contributed by atoms with van der Waals surface area (Å²) >= 11 is 0. The predicted octanol–water partition coefficient (Wildman–Crippen LogP) is 7.40. The first-order valence-electron chi connectivity index (χ1n) is 16.9. The van der Waals surface area contributed by atoms with Gasteiger partial charge in [0.05, 0.1) is 47.9 Å². The van der Waals surface area contributed by atoms with Crippen LogP contribution in [0.4, 0.5) is 13.2 Å². The van der Waals surface area contributed by atoms with Gasteiger partial charge in [-0.1, -0.05) is 37.6 Å². The van der Waals surface area contributed by atoms with Gasteiger partial charge in [-0.05, 0) is 91.1 Å². The van der Waals surface area contributed by atoms with Crippen LogP contribution in [-0.2, 0) is 19.3 Å². The highest BCUT2D eigenvalue weighted by Crippen LogP contribution is 2.45. The zero-order valence-corrected chi connectivity index (χ0v) is 27.7. The van der Waals surface area contributed by atoms with Gasteiger partial charge in [0.2, 0.25) is 0 Å². The minimum absolute atomic E-state index is 0.182. The van der Waals surface area contributed by atoms with E-state index in [9.17, 15) is 23.2 Å². The van der Waals surface area contributed by atoms with Crippen LogP contribution in [0.3, 0.4) is 0 Å². The van der Waals surface area contributed by atoms with E-state index in [0.717, 1.165) is 72.2 Å². The van der Waals surface area contributed by atoms with Gasteiger partial charge in [-0.15, -0.1) is 0 Å². The van der Waals surface area contributed by atoms with E-state index in [1.165, 1.54) is 16.8 Å². The fourth-order valence-electron chi connectivity index (χ4n) is 7.57. The van der Waals surface area contributed by atoms with Gasteiger partial charge in [0, 0.05) is 31.4 Å². The Morgan fingerprint density at radius 2 is 1.82 bits per heavy atom. The van der Waals surface area contributed by atoms with Gasteiger partial charge in [-0.2, -0.15) is 23.5 Å². The number of nitrogens with zero attached hydrogens (tertiary/aromatic N) is 6. The molecule has 11 heteroatoms. The number of pyridine rings is 1. The highest BCUT2D eigenvalue weighted by Gasteiger charge is 2.36. The van der Waals surface area contributed by atoms with Crippen molar-refractivity contribution in [3.05, 3.63) is 117 Å². The lowest BCUT2D eigenvalue weighted by Gasteiger charge is -2.35. The minimum atomic E-state index is -4.64. The molecule has 4 heterocycles. The molecule has 0 radical (unpaired) electrons. The van der Waals surface area contributed by atoms with E-state index in [4.69, 9.17) is 4.74 Å². The lowest BCUT2D eigenvalue weighted by molar-refractivity contribution is -0.136. The summed E-state index contributed by atoms with van der Waals surface area (Å²) in [5.41, 5.74) is 2.52. The van der Waals surface area contributed by atoms with Crippen molar-refractivity contribution in [3.63, 3.8) is 0 Å². The number of methoxy groups -OCH3 is 1. The number of imidazole rings is 1. The number of fused-ring (bicyclic) bond motifs is 1. The fraction of sp³-hybridized carbons (Fsp3) is 0.395. The maximum absolute atomic E-state index is 14.5. The number of nitriles is 1. The van der Waals surface area contributed by atoms with Crippen LogP contribution in [0, 0.1) is 23.2 Å². The topological polar surface area (TPSA) is 80.5 Å². The van der Waals surface area contributed by atoms with Crippen LogP contribution in [0.15, 0.2) is 78.0 Å². The molecule has 254 valence electrons. The Balaban J connectivity index is 1.29. The van der Waals surface area contributed by atoms with Gasteiger partial charge in [0.1, 0.15) is 11.8 Å². The number of ether oxygens (including phenoxy) is 1. The molecular weight excluding hydrogens is 629 g/mol. The molecule has 1 aliphatic heterocycles. The molecule has 1 unspecified atom stereocenters. The van der Waals surface area contributed by atoms with E-state index in [2.05, 4.69) is 23.0 Å². The Morgan fingerprint density at radius 3 is 2.49 bits per heavy atom. The Bertz CT molecular complexity index is 2070. The molecule has 0 amide bonds. The van der Waals surface area contributed by atoms with Crippen LogP contribution in [0.25, 0.3) is 11.2 Å². The third-order valence-corrected chi connectivity index (χ3v) is 10.2. The molecule has 3 aromatic heterocycles. The standard InChI is InChI=1S/C38H39F3N6O2/c1-25-6-5-15-44(20-25)21-27-16-33(38(39,40)41)34-24-45(37(48)46(34)22-27)31-10-4-9-29(17-31)35(28-7-3-8-28)36-30(18-42)19-43-47(36)23-26-11-13-32(49-2)14-12-26/h4,9-14,16-17,19,22,24-25,28,35H,3,5-8,15,20-21,23H2,1-2H3/t25-,35?/m0/s1. The highest BCUT2D eigenvalue weighted by atomic mass is 19.4. The summed E-state index contributed by atoms with van der Waals surface area (Å²) < 4.78 is 53.0. The molecular formula is C38H39F3N6O2. The molecule has 2 aliphatic rings. The molecule has 5 aromatic rings. The SMILES string of the molecule is COc1ccc(Cn2ncc(C#N)c2C(c2cccc(-n3cc4c(C(F)(F)F)cc(CN5CCC[C@H](C)C5)cn4c3=O)c2)C2CCC2)cc1. The minimum Gasteiger partial charge on any atom is -0.497 e. The lowest BCUT2D eigenvalue weighted by Crippen LogP contribution is -2.34. The van der Waals surface area contributed by atoms with Crippen LogP contribution < -0.4 is 10.4 Å². The van der Waals surface area contributed by atoms with Crippen molar-refractivity contribution in [1.82, 2.24) is 23.6 Å². The lowest BCUT2D eigenvalue weighted by atomic mass is 9.71. The van der Waals surface area contributed by atoms with E-state index in [1.54, 1.807) is 25.6 Å². The summed E-state index contributed by atoms with van der Waals surface area (Å²) in [5, 5.41) is 14.8. The molecule has 1 saturated heterocycles. The summed E-state index contributed by atoms with van der Waals surface area (Å²) in [6, 6.07) is 18.6. The molecule has 0 spiro atoms. The second kappa shape index (κ2) is 13.2. The second-order valence-corrected chi connectivity index (χ2v) is 13.6. The van der Waals surface area contributed by atoms with Crippen molar-refractivity contribution in [1.29, 1.82) is 5.26 Å². The average molecular weight is 669 g/mol. The molecule has 2 atom stereocenters. The molecule has 8 nitrogen and oxygen atoms in total. The Morgan fingerprint density at radius 1 is 1.02 bits per heavy atom. The Labute approximate surface area is 283 Å². The summed E-state index contributed by atoms with van der Waals surface area (Å²) in [4.78, 5) is 16.1. The Hall–Kier alpha value is -4.82. The van der Waals surface area contributed by atoms with Crippen LogP contribution in [0.2, 0.25) is 0 Å². The number of halogens is 3. The number of rotatable bonds is 9. The fourth-order valence-corrected chi connectivity index (χ4v) is 7.57. The van der Waals surface area contributed by atoms with Crippen molar-refractivity contribution < 1.29 is 17.9 Å². The number of aromatic nitrogens is 4. The third kappa shape index (κ3) is 6.49. The summed E-state index contributed by atoms with van der Waals surface area (Å²) in [5.74, 6) is 1.27. The monoisotopic (exact) mass is 668 g/mol. The van der Waals surface area contributed by atoms with Gasteiger partial charge >= 0.3 is 11.9 Å². The van der Waals surface area contributed by atoms with E-state index in [1.807, 2.05) is 47.1 Å². The molecule has 0 N–H and O–H groups in total. The van der Waals surface area contributed by atoms with E-state index < -0.39 is 17.4 Å². The first-order valence-corrected chi connectivity index (χ1v) is 16.9. The molecule has 2 aromatic carbocycles. The summed E-state index contributed by atoms with van der Waals surface area (Å²) in [6.07, 6.45) is 4.93. The smallest absolute Gasteiger partial charge is 0.418 e. The molecule has 2 fully saturated rings. The Kier molecular flexibility index (Phi) is 8.84. The van der Waals surface area contributed by atoms with Crippen LogP contribution in [0.1, 0.15) is 78.5 Å². The van der Waals surface area contributed by atoms with Crippen LogP contribution in [0.5, 0.6) is 5.75 Å². The van der Waals surface area contributed by atoms with Gasteiger partial charge in [-0.3, -0.25) is 18.5 Å². The quantitative estimate of drug-likeness (QED) is 0.164. The van der Waals surface area contributed by atoms with Crippen molar-refractivity contribution in [2.24, 2.45) is 11.8 Å². The first kappa shape index (κ1) is 32.7. The number of hydrogen-bond acceptors (Lipinski definition) is 5. The molecule has 1 aliphatic carbocycles. The maximum Gasteiger partial charge on any atom is 0.418 e. The van der Waals surface area contributed by atoms with Gasteiger partial charge in [0.15, 0.2) is 0 Å². The van der Waals surface area contributed by atoms with E-state index in [-0.39, 0.29) is 17.4 Å². The number of hydrogen-bond donors (Lipinski definition) is 0. The van der Waals surface area contributed by atoms with Crippen LogP contribution in [-0.4, -0.2) is 43.8 Å². The number of likely N-dealkylation sites (tertiary alicyclic amines) is 1. The molecule has 7 rings (SSSR count). The van der Waals surface area contributed by atoms with Crippen molar-refractivity contribution in [2.75, 3.05) is 20.2 Å². The predicted molar refractivity (Wildman–Crippen MR) is 180 cm³/mol. The largest absolute Gasteiger partial charge is 0.497 e. The molecule has 0 bridgehead atoms. The molecule has 49 heavy (non-hydrogen) atoms. The van der Waals surface area contributed by atoms with E-state index >= 15 is 0 Å². The third-order valence-electron chi connectivity index (χ3n) is 10.2. The average Bonchev–Trinajstić information content (AvgIpc) is 3.62. The van der Waals surface area contributed by atoms with Crippen molar-refractivity contribution in [3.8, 4) is 17.5 Å². The van der Waals surface area contributed by atoms with Gasteiger partial charge < -0.3 is 4.74 Å². The highest BCUT2D eigenvalue weighted by molar-refractivity contribution is 5.58. The summed E-state index contributed by atoms with van der Waals surface area (Å²) in [7, 11) is 1.62. The number of benzene rings is 2. The second-order valence-electron chi connectivity index (χ2n) is 13.6. The van der Waals surface area contributed by atoms with Crippen LogP contribution >= 0.6 is 0 Å². The first-order chi connectivity index (χ1) is 23.6. The zero-order chi connectivity index (χ0) is 34.3. The van der Waals surface area contributed by atoms with Gasteiger partial charge in [-0.25, -0.2) is 4.79 Å². The zero-order valence-electron chi connectivity index (χ0n) is 27.7. The molecule has 1 saturated carbocycles. The van der Waals surface area contributed by atoms with E-state index in [0.29, 0.717) is 35.8 Å². The van der Waals surface area contributed by atoms with Crippen molar-refractivity contribution >= 4 is 5.52 Å². The normalized spacial score (nSPS) is 17.9. The number of piperidine rings is 1.